The molecule has 2 aromatic heterocycles. The Kier molecular flexibility index (Phi) is 7.26. The van der Waals surface area contributed by atoms with Crippen LogP contribution in [0.3, 0.4) is 0 Å². The number of anilines is 1. The maximum atomic E-state index is 13.4. The maximum absolute atomic E-state index is 13.4. The number of carbonyl (C=O) groups excluding carboxylic acids is 1. The van der Waals surface area contributed by atoms with Crippen molar-refractivity contribution in [3.63, 3.8) is 0 Å². The lowest BCUT2D eigenvalue weighted by atomic mass is 10.1. The number of aryl methyl sites for hydroxylation is 1. The van der Waals surface area contributed by atoms with Crippen LogP contribution in [0.25, 0.3) is 11.7 Å². The molecule has 4 heterocycles. The number of thiocarbonyl (C=S) groups is 1. The number of nitrogens with one attached hydrogen (secondary N) is 1. The quantitative estimate of drug-likeness (QED) is 0.364. The van der Waals surface area contributed by atoms with E-state index in [1.807, 2.05) is 24.3 Å². The highest BCUT2D eigenvalue weighted by molar-refractivity contribution is 8.26. The molecule has 180 valence electrons. The summed E-state index contributed by atoms with van der Waals surface area (Å²) in [4.78, 5) is 33.3. The third-order valence-corrected chi connectivity index (χ3v) is 7.51. The Labute approximate surface area is 213 Å². The second kappa shape index (κ2) is 10.7. The number of aromatic nitrogens is 2. The second-order valence-electron chi connectivity index (χ2n) is 8.55. The molecule has 2 aliphatic rings. The van der Waals surface area contributed by atoms with Gasteiger partial charge >= 0.3 is 0 Å². The first-order valence-electron chi connectivity index (χ1n) is 11.8. The lowest BCUT2D eigenvalue weighted by Crippen LogP contribution is -2.29. The molecule has 0 spiro atoms. The van der Waals surface area contributed by atoms with Gasteiger partial charge in [0.15, 0.2) is 0 Å². The summed E-state index contributed by atoms with van der Waals surface area (Å²) in [5.41, 5.74) is 1.87. The van der Waals surface area contributed by atoms with Gasteiger partial charge in [0.1, 0.15) is 15.8 Å². The number of amides is 1. The van der Waals surface area contributed by atoms with Crippen molar-refractivity contribution in [2.75, 3.05) is 25.0 Å². The van der Waals surface area contributed by atoms with Gasteiger partial charge in [-0.05, 0) is 49.5 Å². The maximum Gasteiger partial charge on any atom is 0.267 e. The van der Waals surface area contributed by atoms with Crippen molar-refractivity contribution in [1.82, 2.24) is 14.3 Å². The third kappa shape index (κ3) is 5.32. The molecule has 0 aliphatic carbocycles. The highest BCUT2D eigenvalue weighted by Crippen LogP contribution is 2.33. The number of carbonyl (C=O) groups is 1. The van der Waals surface area contributed by atoms with Gasteiger partial charge in [-0.15, -0.1) is 0 Å². The van der Waals surface area contributed by atoms with Crippen LogP contribution in [0.5, 0.6) is 0 Å². The van der Waals surface area contributed by atoms with Crippen LogP contribution < -0.4 is 10.9 Å². The van der Waals surface area contributed by atoms with Gasteiger partial charge in [-0.3, -0.25) is 18.9 Å². The molecule has 2 fully saturated rings. The molecule has 1 atom stereocenters. The molecule has 1 amide bonds. The predicted molar refractivity (Wildman–Crippen MR) is 144 cm³/mol. The van der Waals surface area contributed by atoms with Crippen molar-refractivity contribution < 1.29 is 9.53 Å². The molecule has 35 heavy (non-hydrogen) atoms. The molecule has 2 aliphatic heterocycles. The van der Waals surface area contributed by atoms with E-state index in [9.17, 15) is 9.59 Å². The van der Waals surface area contributed by atoms with Crippen molar-refractivity contribution >= 4 is 51.7 Å². The van der Waals surface area contributed by atoms with Crippen LogP contribution >= 0.6 is 24.0 Å². The van der Waals surface area contributed by atoms with Crippen LogP contribution in [0.15, 0.2) is 64.4 Å². The van der Waals surface area contributed by atoms with E-state index in [2.05, 4.69) is 22.4 Å². The van der Waals surface area contributed by atoms with E-state index in [0.717, 1.165) is 32.3 Å². The summed E-state index contributed by atoms with van der Waals surface area (Å²) < 4.78 is 7.71. The monoisotopic (exact) mass is 506 g/mol. The number of benzene rings is 1. The van der Waals surface area contributed by atoms with E-state index >= 15 is 0 Å². The molecule has 1 aromatic carbocycles. The Morgan fingerprint density at radius 1 is 1.17 bits per heavy atom. The highest BCUT2D eigenvalue weighted by atomic mass is 32.2. The molecule has 1 unspecified atom stereocenters. The van der Waals surface area contributed by atoms with Crippen molar-refractivity contribution in [2.45, 2.75) is 31.8 Å². The van der Waals surface area contributed by atoms with Crippen molar-refractivity contribution in [1.29, 1.82) is 0 Å². The molecule has 0 saturated carbocycles. The first-order valence-corrected chi connectivity index (χ1v) is 13.0. The van der Waals surface area contributed by atoms with Crippen LogP contribution in [0.1, 0.15) is 30.4 Å². The molecule has 9 heteroatoms. The van der Waals surface area contributed by atoms with Gasteiger partial charge in [-0.25, -0.2) is 4.98 Å². The van der Waals surface area contributed by atoms with Gasteiger partial charge < -0.3 is 10.1 Å². The second-order valence-corrected chi connectivity index (χ2v) is 10.2. The van der Waals surface area contributed by atoms with Crippen molar-refractivity contribution in [3.05, 3.63) is 81.1 Å². The summed E-state index contributed by atoms with van der Waals surface area (Å²) >= 11 is 6.73. The first kappa shape index (κ1) is 23.7. The number of nitrogens with zero attached hydrogens (tertiary/aromatic N) is 3. The predicted octanol–water partition coefficient (Wildman–Crippen LogP) is 4.12. The average molecular weight is 507 g/mol. The molecule has 5 rings (SSSR count). The Bertz CT molecular complexity index is 1330. The number of pyridine rings is 1. The number of fused-ring (bicyclic) bond motifs is 1. The third-order valence-electron chi connectivity index (χ3n) is 6.13. The van der Waals surface area contributed by atoms with Crippen LogP contribution in [-0.2, 0) is 16.0 Å². The lowest BCUT2D eigenvalue weighted by molar-refractivity contribution is -0.122. The normalized spacial score (nSPS) is 19.3. The average Bonchev–Trinajstić information content (AvgIpc) is 3.49. The molecule has 0 radical (unpaired) electrons. The van der Waals surface area contributed by atoms with E-state index in [4.69, 9.17) is 17.0 Å². The highest BCUT2D eigenvalue weighted by Gasteiger charge is 2.32. The summed E-state index contributed by atoms with van der Waals surface area (Å²) in [6.07, 6.45) is 7.06. The van der Waals surface area contributed by atoms with Crippen LogP contribution in [0.4, 0.5) is 5.82 Å². The Morgan fingerprint density at radius 2 is 2.00 bits per heavy atom. The molecular formula is C26H26N4O3S2. The zero-order valence-electron chi connectivity index (χ0n) is 19.2. The Hall–Kier alpha value is -3.01. The number of rotatable bonds is 8. The summed E-state index contributed by atoms with van der Waals surface area (Å²) in [5, 5.41) is 3.29. The van der Waals surface area contributed by atoms with Gasteiger partial charge in [0, 0.05) is 25.9 Å². The van der Waals surface area contributed by atoms with E-state index in [-0.39, 0.29) is 17.6 Å². The van der Waals surface area contributed by atoms with Crippen LogP contribution in [-0.4, -0.2) is 50.3 Å². The minimum atomic E-state index is -0.236. The van der Waals surface area contributed by atoms with Gasteiger partial charge in [-0.1, -0.05) is 60.4 Å². The fraction of sp³-hybridized carbons (Fsp3) is 0.308. The van der Waals surface area contributed by atoms with Gasteiger partial charge in [0.25, 0.3) is 11.5 Å². The Morgan fingerprint density at radius 3 is 2.80 bits per heavy atom. The smallest absolute Gasteiger partial charge is 0.267 e. The minimum absolute atomic E-state index is 0.0849. The molecule has 7 nitrogen and oxygen atoms in total. The minimum Gasteiger partial charge on any atom is -0.376 e. The number of ether oxygens (including phenoxy) is 1. The SMILES string of the molecule is O=C1/C(=C/c2c(NCC3CCCO3)nc3ccccn3c2=O)SC(=S)N1CCCc1ccccc1. The summed E-state index contributed by atoms with van der Waals surface area (Å²) in [5.74, 6) is 0.279. The topological polar surface area (TPSA) is 75.9 Å². The zero-order valence-corrected chi connectivity index (χ0v) is 20.8. The molecule has 1 N–H and O–H groups in total. The van der Waals surface area contributed by atoms with Gasteiger partial charge in [-0.2, -0.15) is 0 Å². The van der Waals surface area contributed by atoms with Crippen LogP contribution in [0.2, 0.25) is 0 Å². The number of hydrogen-bond acceptors (Lipinski definition) is 7. The molecule has 2 saturated heterocycles. The number of thioether (sulfide) groups is 1. The van der Waals surface area contributed by atoms with E-state index < -0.39 is 0 Å². The van der Waals surface area contributed by atoms with Crippen molar-refractivity contribution in [2.24, 2.45) is 0 Å². The fourth-order valence-corrected chi connectivity index (χ4v) is 5.58. The van der Waals surface area contributed by atoms with E-state index in [1.54, 1.807) is 29.3 Å². The number of hydrogen-bond donors (Lipinski definition) is 1. The Balaban J connectivity index is 1.39. The molecule has 3 aromatic rings. The van der Waals surface area contributed by atoms with Crippen LogP contribution in [0, 0.1) is 0 Å². The van der Waals surface area contributed by atoms with E-state index in [1.165, 1.54) is 21.7 Å². The first-order chi connectivity index (χ1) is 17.1. The standard InChI is InChI=1S/C26H26N4O3S2/c31-24-20(23(27-17-19-11-7-15-33-19)28-22-12-4-5-13-29(22)24)16-21-25(32)30(26(34)35-21)14-6-10-18-8-2-1-3-9-18/h1-5,8-9,12-13,16,19,27H,6-7,10-11,14-15,17H2/b21-16-. The van der Waals surface area contributed by atoms with E-state index in [0.29, 0.717) is 39.3 Å². The lowest BCUT2D eigenvalue weighted by Gasteiger charge is -2.15. The summed E-state index contributed by atoms with van der Waals surface area (Å²) in [6.45, 7) is 1.84. The summed E-state index contributed by atoms with van der Waals surface area (Å²) in [7, 11) is 0. The van der Waals surface area contributed by atoms with Crippen molar-refractivity contribution in [3.8, 4) is 0 Å². The van der Waals surface area contributed by atoms with Gasteiger partial charge in [0.05, 0.1) is 16.6 Å². The summed E-state index contributed by atoms with van der Waals surface area (Å²) in [6, 6.07) is 15.6. The molecule has 0 bridgehead atoms. The van der Waals surface area contributed by atoms with Gasteiger partial charge in [0.2, 0.25) is 0 Å². The largest absolute Gasteiger partial charge is 0.376 e. The molecular weight excluding hydrogens is 480 g/mol. The zero-order chi connectivity index (χ0) is 24.2. The fourth-order valence-electron chi connectivity index (χ4n) is 4.29.